The van der Waals surface area contributed by atoms with Gasteiger partial charge in [0, 0.05) is 35.5 Å². The number of halogens is 1. The van der Waals surface area contributed by atoms with Gasteiger partial charge in [-0.25, -0.2) is 14.0 Å². The molecule has 0 radical (unpaired) electrons. The predicted molar refractivity (Wildman–Crippen MR) is 146 cm³/mol. The summed E-state index contributed by atoms with van der Waals surface area (Å²) < 4.78 is 26.1. The third kappa shape index (κ3) is 6.78. The lowest BCUT2D eigenvalue weighted by Crippen LogP contribution is -2.37. The molecule has 3 aromatic rings. The standard InChI is InChI=1S/C30H30FNO6S/c1-30(2,28(34)35)38-23-12-9-20(26(31)16-23)15-21-17-32(29(36)37-22-7-5-4-6-8-22)18-25(21)27(33)19-10-13-24(39-3)14-11-19/h4-14,16,21,25H,15,17-18H2,1-3H3,(H,34,35)/t21-,25?/m0/s1. The summed E-state index contributed by atoms with van der Waals surface area (Å²) in [6.07, 6.45) is 1.58. The molecule has 0 saturated carbocycles. The minimum absolute atomic E-state index is 0.0876. The Bertz CT molecular complexity index is 1350. The van der Waals surface area contributed by atoms with Crippen LogP contribution in [0.1, 0.15) is 29.8 Å². The third-order valence-electron chi connectivity index (χ3n) is 6.75. The first-order valence-electron chi connectivity index (χ1n) is 12.5. The monoisotopic (exact) mass is 551 g/mol. The average molecular weight is 552 g/mol. The van der Waals surface area contributed by atoms with Gasteiger partial charge < -0.3 is 19.5 Å². The van der Waals surface area contributed by atoms with Gasteiger partial charge in [-0.05, 0) is 68.3 Å². The highest BCUT2D eigenvalue weighted by Gasteiger charge is 2.41. The van der Waals surface area contributed by atoms with Gasteiger partial charge in [0.05, 0.1) is 0 Å². The summed E-state index contributed by atoms with van der Waals surface area (Å²) in [5, 5.41) is 9.29. The summed E-state index contributed by atoms with van der Waals surface area (Å²) in [5.41, 5.74) is -0.655. The number of Topliss-reactive ketones (excluding diaryl/α,β-unsaturated/α-hetero) is 1. The van der Waals surface area contributed by atoms with Crippen LogP contribution in [0, 0.1) is 17.7 Å². The molecule has 1 unspecified atom stereocenters. The number of carbonyl (C=O) groups is 3. The van der Waals surface area contributed by atoms with Crippen molar-refractivity contribution in [1.29, 1.82) is 0 Å². The van der Waals surface area contributed by atoms with Crippen LogP contribution in [0.4, 0.5) is 9.18 Å². The second-order valence-electron chi connectivity index (χ2n) is 9.92. The molecule has 204 valence electrons. The van der Waals surface area contributed by atoms with Gasteiger partial charge in [-0.3, -0.25) is 4.79 Å². The van der Waals surface area contributed by atoms with Crippen LogP contribution in [0.5, 0.6) is 11.5 Å². The van der Waals surface area contributed by atoms with Crippen molar-refractivity contribution in [1.82, 2.24) is 4.90 Å². The average Bonchev–Trinajstić information content (AvgIpc) is 3.34. The fourth-order valence-electron chi connectivity index (χ4n) is 4.53. The van der Waals surface area contributed by atoms with E-state index in [-0.39, 0.29) is 37.0 Å². The van der Waals surface area contributed by atoms with Crippen LogP contribution >= 0.6 is 11.8 Å². The zero-order valence-electron chi connectivity index (χ0n) is 21.9. The number of nitrogens with zero attached hydrogens (tertiary/aromatic N) is 1. The van der Waals surface area contributed by atoms with Gasteiger partial charge in [0.2, 0.25) is 0 Å². The van der Waals surface area contributed by atoms with Crippen molar-refractivity contribution < 1.29 is 33.4 Å². The van der Waals surface area contributed by atoms with Crippen molar-refractivity contribution in [3.8, 4) is 11.5 Å². The van der Waals surface area contributed by atoms with E-state index in [0.29, 0.717) is 16.9 Å². The second-order valence-corrected chi connectivity index (χ2v) is 10.8. The largest absolute Gasteiger partial charge is 0.478 e. The molecule has 0 spiro atoms. The Morgan fingerprint density at radius 3 is 2.31 bits per heavy atom. The minimum atomic E-state index is -1.53. The highest BCUT2D eigenvalue weighted by Crippen LogP contribution is 2.33. The fourth-order valence-corrected chi connectivity index (χ4v) is 4.93. The highest BCUT2D eigenvalue weighted by atomic mass is 32.2. The van der Waals surface area contributed by atoms with Crippen LogP contribution in [0.15, 0.2) is 77.7 Å². The first-order chi connectivity index (χ1) is 18.6. The van der Waals surface area contributed by atoms with Gasteiger partial charge in [0.1, 0.15) is 17.3 Å². The van der Waals surface area contributed by atoms with E-state index < -0.39 is 29.4 Å². The molecule has 1 amide bonds. The molecule has 1 aliphatic heterocycles. The normalized spacial score (nSPS) is 17.1. The number of likely N-dealkylation sites (tertiary alicyclic amines) is 1. The van der Waals surface area contributed by atoms with E-state index in [1.54, 1.807) is 48.2 Å². The molecule has 0 aliphatic carbocycles. The Hall–Kier alpha value is -3.85. The SMILES string of the molecule is CSc1ccc(C(=O)C2CN(C(=O)Oc3ccccc3)C[C@@H]2Cc2ccc(OC(C)(C)C(=O)O)cc2F)cc1. The number of para-hydroxylation sites is 1. The van der Waals surface area contributed by atoms with Gasteiger partial charge >= 0.3 is 12.1 Å². The van der Waals surface area contributed by atoms with E-state index in [4.69, 9.17) is 9.47 Å². The number of amides is 1. The lowest BCUT2D eigenvalue weighted by Gasteiger charge is -2.22. The molecule has 39 heavy (non-hydrogen) atoms. The second kappa shape index (κ2) is 11.9. The Balaban J connectivity index is 1.56. The highest BCUT2D eigenvalue weighted by molar-refractivity contribution is 7.98. The van der Waals surface area contributed by atoms with Crippen LogP contribution in [0.3, 0.4) is 0 Å². The zero-order valence-corrected chi connectivity index (χ0v) is 22.7. The van der Waals surface area contributed by atoms with E-state index in [9.17, 15) is 19.5 Å². The van der Waals surface area contributed by atoms with Crippen LogP contribution in [-0.4, -0.2) is 52.8 Å². The van der Waals surface area contributed by atoms with E-state index >= 15 is 4.39 Å². The number of thioether (sulfide) groups is 1. The molecule has 1 saturated heterocycles. The lowest BCUT2D eigenvalue weighted by atomic mass is 9.84. The molecule has 4 rings (SSSR count). The van der Waals surface area contributed by atoms with Crippen LogP contribution in [-0.2, 0) is 11.2 Å². The number of carboxylic acids is 1. The Morgan fingerprint density at radius 1 is 1.00 bits per heavy atom. The fraction of sp³-hybridized carbons (Fsp3) is 0.300. The molecule has 9 heteroatoms. The predicted octanol–water partition coefficient (Wildman–Crippen LogP) is 5.96. The van der Waals surface area contributed by atoms with Gasteiger partial charge in [0.15, 0.2) is 11.4 Å². The number of ether oxygens (including phenoxy) is 2. The van der Waals surface area contributed by atoms with Gasteiger partial charge in [-0.15, -0.1) is 11.8 Å². The van der Waals surface area contributed by atoms with E-state index in [2.05, 4.69) is 0 Å². The first-order valence-corrected chi connectivity index (χ1v) is 13.7. The summed E-state index contributed by atoms with van der Waals surface area (Å²) in [7, 11) is 0. The molecule has 0 bridgehead atoms. The van der Waals surface area contributed by atoms with Crippen molar-refractivity contribution in [3.05, 3.63) is 89.7 Å². The molecule has 7 nitrogen and oxygen atoms in total. The zero-order chi connectivity index (χ0) is 28.2. The summed E-state index contributed by atoms with van der Waals surface area (Å²) in [6, 6.07) is 20.2. The summed E-state index contributed by atoms with van der Waals surface area (Å²) >= 11 is 1.57. The molecule has 1 fully saturated rings. The lowest BCUT2D eigenvalue weighted by molar-refractivity contribution is -0.152. The number of hydrogen-bond donors (Lipinski definition) is 1. The minimum Gasteiger partial charge on any atom is -0.478 e. The quantitative estimate of drug-likeness (QED) is 0.259. The molecule has 3 aromatic carbocycles. The maximum atomic E-state index is 15.1. The number of hydrogen-bond acceptors (Lipinski definition) is 6. The van der Waals surface area contributed by atoms with E-state index in [0.717, 1.165) is 11.0 Å². The summed E-state index contributed by atoms with van der Waals surface area (Å²) in [4.78, 5) is 40.4. The van der Waals surface area contributed by atoms with Gasteiger partial charge in [-0.2, -0.15) is 0 Å². The van der Waals surface area contributed by atoms with Crippen molar-refractivity contribution >= 4 is 29.6 Å². The van der Waals surface area contributed by atoms with Crippen molar-refractivity contribution in [3.63, 3.8) is 0 Å². The molecule has 0 aromatic heterocycles. The Morgan fingerprint density at radius 2 is 1.69 bits per heavy atom. The number of aliphatic carboxylic acids is 1. The van der Waals surface area contributed by atoms with Crippen molar-refractivity contribution in [2.45, 2.75) is 30.8 Å². The molecule has 1 heterocycles. The molecular formula is C30H30FNO6S. The van der Waals surface area contributed by atoms with Gasteiger partial charge in [0.25, 0.3) is 0 Å². The molecule has 2 atom stereocenters. The number of carbonyl (C=O) groups excluding carboxylic acids is 2. The molecule has 1 aliphatic rings. The number of benzene rings is 3. The molecular weight excluding hydrogens is 521 g/mol. The van der Waals surface area contributed by atoms with Crippen LogP contribution in [0.25, 0.3) is 0 Å². The van der Waals surface area contributed by atoms with Crippen molar-refractivity contribution in [2.24, 2.45) is 11.8 Å². The number of rotatable bonds is 9. The van der Waals surface area contributed by atoms with Gasteiger partial charge in [-0.1, -0.05) is 36.4 Å². The maximum absolute atomic E-state index is 15.1. The Labute approximate surface area is 230 Å². The summed E-state index contributed by atoms with van der Waals surface area (Å²) in [5.74, 6) is -2.31. The smallest absolute Gasteiger partial charge is 0.415 e. The summed E-state index contributed by atoms with van der Waals surface area (Å²) in [6.45, 7) is 3.12. The topological polar surface area (TPSA) is 93.1 Å². The van der Waals surface area contributed by atoms with Crippen molar-refractivity contribution in [2.75, 3.05) is 19.3 Å². The maximum Gasteiger partial charge on any atom is 0.415 e. The number of ketones is 1. The van der Waals surface area contributed by atoms with Crippen LogP contribution < -0.4 is 9.47 Å². The third-order valence-corrected chi connectivity index (χ3v) is 7.50. The van der Waals surface area contributed by atoms with E-state index in [1.165, 1.54) is 30.9 Å². The first kappa shape index (κ1) is 28.2. The van der Waals surface area contributed by atoms with Crippen LogP contribution in [0.2, 0.25) is 0 Å². The Kier molecular flexibility index (Phi) is 8.60. The number of carboxylic acid groups (broad SMARTS) is 1. The van der Waals surface area contributed by atoms with E-state index in [1.807, 2.05) is 24.5 Å². The molecule has 1 N–H and O–H groups in total.